The molecule has 0 aliphatic carbocycles. The molecule has 1 aromatic heterocycles. The molecule has 0 aliphatic rings. The van der Waals surface area contributed by atoms with E-state index < -0.39 is 0 Å². The smallest absolute Gasteiger partial charge is 0.199 e. The van der Waals surface area contributed by atoms with Crippen molar-refractivity contribution in [2.24, 2.45) is 15.9 Å². The third-order valence-electron chi connectivity index (χ3n) is 2.17. The summed E-state index contributed by atoms with van der Waals surface area (Å²) in [6.45, 7) is 0. The van der Waals surface area contributed by atoms with Crippen LogP contribution in [0.1, 0.15) is 11.3 Å². The van der Waals surface area contributed by atoms with E-state index in [1.54, 1.807) is 6.21 Å². The molecule has 2 rings (SSSR count). The topological polar surface area (TPSA) is 116 Å². The van der Waals surface area contributed by atoms with Crippen molar-refractivity contribution in [3.8, 4) is 0 Å². The third kappa shape index (κ3) is 2.91. The number of amidine groups is 1. The largest absolute Gasteiger partial charge is 0.380 e. The molecule has 4 N–H and O–H groups in total. The van der Waals surface area contributed by atoms with Crippen molar-refractivity contribution in [3.05, 3.63) is 41.6 Å². The van der Waals surface area contributed by atoms with Crippen molar-refractivity contribution in [2.75, 3.05) is 5.73 Å². The van der Waals surface area contributed by atoms with Gasteiger partial charge in [0.1, 0.15) is 0 Å². The Balaban J connectivity index is 1.97. The predicted octanol–water partition coefficient (Wildman–Crippen LogP) is 0.586. The quantitative estimate of drug-likeness (QED) is 0.463. The zero-order valence-corrected chi connectivity index (χ0v) is 9.52. The molecule has 0 fully saturated rings. The van der Waals surface area contributed by atoms with E-state index in [9.17, 15) is 0 Å². The van der Waals surface area contributed by atoms with Crippen LogP contribution in [0.25, 0.3) is 0 Å². The van der Waals surface area contributed by atoms with E-state index in [-0.39, 0.29) is 17.3 Å². The van der Waals surface area contributed by atoms with E-state index in [2.05, 4.69) is 25.1 Å². The predicted molar refractivity (Wildman–Crippen MR) is 68.1 cm³/mol. The van der Waals surface area contributed by atoms with Gasteiger partial charge in [-0.15, -0.1) is 5.10 Å². The fraction of sp³-hybridized carbons (Fsp3) is 0.0909. The first-order chi connectivity index (χ1) is 8.77. The van der Waals surface area contributed by atoms with Crippen molar-refractivity contribution in [1.29, 1.82) is 0 Å². The van der Waals surface area contributed by atoms with Crippen molar-refractivity contribution < 1.29 is 4.63 Å². The lowest BCUT2D eigenvalue weighted by atomic mass is 10.2. The zero-order valence-electron chi connectivity index (χ0n) is 9.52. The van der Waals surface area contributed by atoms with Crippen LogP contribution < -0.4 is 11.5 Å². The number of nitrogen functional groups attached to an aromatic ring is 1. The van der Waals surface area contributed by atoms with Crippen LogP contribution in [0.15, 0.2) is 45.2 Å². The molecule has 0 radical (unpaired) electrons. The number of hydrogen-bond acceptors (Lipinski definition) is 6. The van der Waals surface area contributed by atoms with Crippen LogP contribution >= 0.6 is 0 Å². The van der Waals surface area contributed by atoms with Gasteiger partial charge in [0.25, 0.3) is 0 Å². The number of anilines is 1. The molecule has 1 heterocycles. The van der Waals surface area contributed by atoms with Gasteiger partial charge < -0.3 is 11.5 Å². The van der Waals surface area contributed by atoms with Gasteiger partial charge in [-0.1, -0.05) is 30.3 Å². The van der Waals surface area contributed by atoms with Gasteiger partial charge in [0.2, 0.25) is 0 Å². The average molecular weight is 244 g/mol. The molecule has 0 amide bonds. The second-order valence-corrected chi connectivity index (χ2v) is 3.47. The Bertz CT molecular complexity index is 560. The summed E-state index contributed by atoms with van der Waals surface area (Å²) in [5.74, 6) is 0.160. The summed E-state index contributed by atoms with van der Waals surface area (Å²) in [6, 6.07) is 9.87. The van der Waals surface area contributed by atoms with Crippen LogP contribution in [0.3, 0.4) is 0 Å². The Hall–Kier alpha value is -2.70. The number of nitrogens with two attached hydrogens (primary N) is 2. The fourth-order valence-electron chi connectivity index (χ4n) is 1.28. The van der Waals surface area contributed by atoms with Gasteiger partial charge >= 0.3 is 0 Å². The molecule has 0 bridgehead atoms. The van der Waals surface area contributed by atoms with Crippen molar-refractivity contribution >= 4 is 17.9 Å². The van der Waals surface area contributed by atoms with Crippen LogP contribution in [0.5, 0.6) is 0 Å². The summed E-state index contributed by atoms with van der Waals surface area (Å²) in [6.07, 6.45) is 2.32. The van der Waals surface area contributed by atoms with Crippen LogP contribution in [-0.4, -0.2) is 22.4 Å². The molecule has 7 nitrogen and oxygen atoms in total. The Kier molecular flexibility index (Phi) is 3.65. The molecule has 92 valence electrons. The molecule has 0 saturated heterocycles. The number of hydrogen-bond donors (Lipinski definition) is 2. The average Bonchev–Trinajstić information content (AvgIpc) is 2.82. The van der Waals surface area contributed by atoms with Gasteiger partial charge in [-0.2, -0.15) is 5.10 Å². The summed E-state index contributed by atoms with van der Waals surface area (Å²) in [7, 11) is 0. The minimum Gasteiger partial charge on any atom is -0.380 e. The number of aromatic nitrogens is 2. The van der Waals surface area contributed by atoms with E-state index >= 15 is 0 Å². The SMILES string of the molecule is NC(=NN=CCc1ccccc1)c1nonc1N. The van der Waals surface area contributed by atoms with Crippen molar-refractivity contribution in [3.63, 3.8) is 0 Å². The summed E-state index contributed by atoms with van der Waals surface area (Å²) in [5, 5.41) is 14.5. The minimum atomic E-state index is 0.0676. The lowest BCUT2D eigenvalue weighted by molar-refractivity contribution is 0.308. The number of rotatable bonds is 4. The molecule has 18 heavy (non-hydrogen) atoms. The lowest BCUT2D eigenvalue weighted by Crippen LogP contribution is -2.15. The Morgan fingerprint density at radius 3 is 2.72 bits per heavy atom. The third-order valence-corrected chi connectivity index (χ3v) is 2.17. The molecule has 2 aromatic rings. The van der Waals surface area contributed by atoms with Crippen molar-refractivity contribution in [1.82, 2.24) is 10.3 Å². The monoisotopic (exact) mass is 244 g/mol. The van der Waals surface area contributed by atoms with E-state index in [0.29, 0.717) is 6.42 Å². The molecular formula is C11H12N6O. The first-order valence-electron chi connectivity index (χ1n) is 5.24. The van der Waals surface area contributed by atoms with Crippen LogP contribution in [0.2, 0.25) is 0 Å². The highest BCUT2D eigenvalue weighted by atomic mass is 16.6. The highest BCUT2D eigenvalue weighted by molar-refractivity contribution is 5.99. The van der Waals surface area contributed by atoms with E-state index in [4.69, 9.17) is 11.5 Å². The van der Waals surface area contributed by atoms with Gasteiger partial charge in [0.15, 0.2) is 17.3 Å². The fourth-order valence-corrected chi connectivity index (χ4v) is 1.28. The molecule has 0 unspecified atom stereocenters. The van der Waals surface area contributed by atoms with Crippen LogP contribution in [0.4, 0.5) is 5.82 Å². The molecular weight excluding hydrogens is 232 g/mol. The van der Waals surface area contributed by atoms with Crippen LogP contribution in [-0.2, 0) is 6.42 Å². The summed E-state index contributed by atoms with van der Waals surface area (Å²) in [5.41, 5.74) is 12.4. The molecule has 1 aromatic carbocycles. The van der Waals surface area contributed by atoms with Gasteiger partial charge in [-0.3, -0.25) is 0 Å². The molecule has 0 spiro atoms. The first kappa shape index (κ1) is 11.8. The Labute approximate surface area is 103 Å². The van der Waals surface area contributed by atoms with Gasteiger partial charge in [-0.05, 0) is 15.9 Å². The van der Waals surface area contributed by atoms with E-state index in [1.807, 2.05) is 30.3 Å². The lowest BCUT2D eigenvalue weighted by Gasteiger charge is -1.93. The molecule has 0 atom stereocenters. The standard InChI is InChI=1S/C11H12N6O/c12-10(9-11(13)17-18-16-9)15-14-7-6-8-4-2-1-3-5-8/h1-5,7H,6H2,(H2,12,15)(H2,13,17). The van der Waals surface area contributed by atoms with Gasteiger partial charge in [0.05, 0.1) is 0 Å². The molecule has 0 saturated carbocycles. The highest BCUT2D eigenvalue weighted by Gasteiger charge is 2.09. The zero-order chi connectivity index (χ0) is 12.8. The molecule has 7 heteroatoms. The highest BCUT2D eigenvalue weighted by Crippen LogP contribution is 2.03. The summed E-state index contributed by atoms with van der Waals surface area (Å²) < 4.78 is 4.40. The minimum absolute atomic E-state index is 0.0676. The van der Waals surface area contributed by atoms with E-state index in [0.717, 1.165) is 5.56 Å². The maximum Gasteiger partial charge on any atom is 0.199 e. The maximum atomic E-state index is 5.61. The van der Waals surface area contributed by atoms with Crippen LogP contribution in [0, 0.1) is 0 Å². The normalized spacial score (nSPS) is 12.1. The van der Waals surface area contributed by atoms with Gasteiger partial charge in [-0.25, -0.2) is 4.63 Å². The molecule has 0 aliphatic heterocycles. The Morgan fingerprint density at radius 1 is 1.28 bits per heavy atom. The number of nitrogens with zero attached hydrogens (tertiary/aromatic N) is 4. The maximum absolute atomic E-state index is 5.61. The van der Waals surface area contributed by atoms with Crippen molar-refractivity contribution in [2.45, 2.75) is 6.42 Å². The summed E-state index contributed by atoms with van der Waals surface area (Å²) >= 11 is 0. The second-order valence-electron chi connectivity index (χ2n) is 3.47. The van der Waals surface area contributed by atoms with E-state index in [1.165, 1.54) is 0 Å². The number of benzene rings is 1. The Morgan fingerprint density at radius 2 is 2.06 bits per heavy atom. The summed E-state index contributed by atoms with van der Waals surface area (Å²) in [4.78, 5) is 0. The second kappa shape index (κ2) is 5.58. The van der Waals surface area contributed by atoms with Gasteiger partial charge in [0, 0.05) is 12.6 Å². The first-order valence-corrected chi connectivity index (χ1v) is 5.24.